The molecular weight excluding hydrogens is 238 g/mol. The number of aliphatic hydroxyl groups is 1. The van der Waals surface area contributed by atoms with Crippen LogP contribution in [0.1, 0.15) is 45.6 Å². The second-order valence-electron chi connectivity index (χ2n) is 5.62. The first-order chi connectivity index (χ1) is 9.01. The number of rotatable bonds is 9. The van der Waals surface area contributed by atoms with Crippen molar-refractivity contribution in [2.75, 3.05) is 13.2 Å². The Bertz CT molecular complexity index is 341. The van der Waals surface area contributed by atoms with Crippen LogP contribution in [0.25, 0.3) is 0 Å². The van der Waals surface area contributed by atoms with Crippen LogP contribution >= 0.6 is 0 Å². The van der Waals surface area contributed by atoms with Crippen molar-refractivity contribution >= 4 is 0 Å². The van der Waals surface area contributed by atoms with E-state index in [4.69, 9.17) is 4.74 Å². The Balaban J connectivity index is 2.27. The second kappa shape index (κ2) is 8.18. The van der Waals surface area contributed by atoms with Gasteiger partial charge >= 0.3 is 0 Å². The number of unbranched alkanes of at least 4 members (excludes halogenated alkanes) is 2. The van der Waals surface area contributed by atoms with E-state index in [0.717, 1.165) is 25.3 Å². The lowest BCUT2D eigenvalue weighted by atomic mass is 10.1. The van der Waals surface area contributed by atoms with E-state index in [-0.39, 0.29) is 0 Å². The van der Waals surface area contributed by atoms with Crippen LogP contribution in [-0.4, -0.2) is 23.9 Å². The van der Waals surface area contributed by atoms with Crippen molar-refractivity contribution in [3.8, 4) is 5.75 Å². The Morgan fingerprint density at radius 3 is 2.42 bits per heavy atom. The smallest absolute Gasteiger partial charge is 0.119 e. The predicted octanol–water partition coefficient (Wildman–Crippen LogP) is 3.12. The van der Waals surface area contributed by atoms with Crippen LogP contribution in [0.3, 0.4) is 0 Å². The molecule has 0 fully saturated rings. The molecule has 2 N–H and O–H groups in total. The van der Waals surface area contributed by atoms with Crippen LogP contribution in [0.4, 0.5) is 0 Å². The summed E-state index contributed by atoms with van der Waals surface area (Å²) in [7, 11) is 0. The first kappa shape index (κ1) is 16.0. The molecule has 0 radical (unpaired) electrons. The van der Waals surface area contributed by atoms with Gasteiger partial charge in [-0.2, -0.15) is 0 Å². The maximum absolute atomic E-state index is 9.60. The van der Waals surface area contributed by atoms with Gasteiger partial charge in [-0.1, -0.05) is 31.9 Å². The number of hydrogen-bond acceptors (Lipinski definition) is 3. The van der Waals surface area contributed by atoms with E-state index in [1.165, 1.54) is 18.4 Å². The van der Waals surface area contributed by atoms with Crippen molar-refractivity contribution in [3.63, 3.8) is 0 Å². The van der Waals surface area contributed by atoms with Gasteiger partial charge in [0.2, 0.25) is 0 Å². The number of ether oxygens (including phenoxy) is 1. The Labute approximate surface area is 117 Å². The molecule has 0 bridgehead atoms. The lowest BCUT2D eigenvalue weighted by Gasteiger charge is -2.17. The van der Waals surface area contributed by atoms with Crippen LogP contribution in [0.15, 0.2) is 24.3 Å². The molecule has 0 unspecified atom stereocenters. The molecular formula is C16H27NO2. The molecule has 108 valence electrons. The van der Waals surface area contributed by atoms with Crippen LogP contribution in [0.5, 0.6) is 5.75 Å². The van der Waals surface area contributed by atoms with Gasteiger partial charge in [-0.15, -0.1) is 0 Å². The molecule has 0 amide bonds. The summed E-state index contributed by atoms with van der Waals surface area (Å²) in [4.78, 5) is 0. The zero-order valence-corrected chi connectivity index (χ0v) is 12.4. The number of nitrogens with one attached hydrogen (secondary N) is 1. The number of benzene rings is 1. The first-order valence-electron chi connectivity index (χ1n) is 7.16. The van der Waals surface area contributed by atoms with Crippen LogP contribution in [0.2, 0.25) is 0 Å². The Morgan fingerprint density at radius 2 is 1.84 bits per heavy atom. The van der Waals surface area contributed by atoms with Gasteiger partial charge < -0.3 is 15.2 Å². The van der Waals surface area contributed by atoms with Gasteiger partial charge in [0.1, 0.15) is 5.75 Å². The summed E-state index contributed by atoms with van der Waals surface area (Å²) in [6.07, 6.45) is 3.56. The molecule has 0 spiro atoms. The molecule has 0 saturated carbocycles. The average molecular weight is 265 g/mol. The summed E-state index contributed by atoms with van der Waals surface area (Å²) >= 11 is 0. The highest BCUT2D eigenvalue weighted by molar-refractivity contribution is 5.27. The monoisotopic (exact) mass is 265 g/mol. The maximum Gasteiger partial charge on any atom is 0.119 e. The fourth-order valence-corrected chi connectivity index (χ4v) is 1.76. The van der Waals surface area contributed by atoms with Crippen molar-refractivity contribution in [1.29, 1.82) is 0 Å². The maximum atomic E-state index is 9.60. The first-order valence-corrected chi connectivity index (χ1v) is 7.16. The van der Waals surface area contributed by atoms with Crippen LogP contribution in [-0.2, 0) is 6.54 Å². The van der Waals surface area contributed by atoms with Gasteiger partial charge in [0.25, 0.3) is 0 Å². The molecule has 0 aliphatic rings. The zero-order chi connectivity index (χ0) is 14.1. The molecule has 19 heavy (non-hydrogen) atoms. The zero-order valence-electron chi connectivity index (χ0n) is 12.4. The molecule has 1 rings (SSSR count). The summed E-state index contributed by atoms with van der Waals surface area (Å²) in [6, 6.07) is 8.14. The Kier molecular flexibility index (Phi) is 6.89. The summed E-state index contributed by atoms with van der Waals surface area (Å²) in [5.41, 5.74) is 0.535. The Hall–Kier alpha value is -1.06. The van der Waals surface area contributed by atoms with Crippen molar-refractivity contribution in [2.45, 2.75) is 52.2 Å². The van der Waals surface area contributed by atoms with Gasteiger partial charge in [0.05, 0.1) is 12.2 Å². The van der Waals surface area contributed by atoms with Gasteiger partial charge in [-0.05, 0) is 38.0 Å². The predicted molar refractivity (Wildman–Crippen MR) is 79.5 cm³/mol. The van der Waals surface area contributed by atoms with E-state index in [2.05, 4.69) is 24.4 Å². The molecule has 0 aromatic heterocycles. The van der Waals surface area contributed by atoms with Gasteiger partial charge in [-0.25, -0.2) is 0 Å². The summed E-state index contributed by atoms with van der Waals surface area (Å²) in [5.74, 6) is 0.933. The van der Waals surface area contributed by atoms with E-state index in [1.54, 1.807) is 13.8 Å². The van der Waals surface area contributed by atoms with Crippen molar-refractivity contribution < 1.29 is 9.84 Å². The molecule has 3 heteroatoms. The minimum Gasteiger partial charge on any atom is -0.494 e. The molecule has 1 aromatic carbocycles. The highest BCUT2D eigenvalue weighted by Gasteiger charge is 2.10. The highest BCUT2D eigenvalue weighted by Crippen LogP contribution is 2.13. The fourth-order valence-electron chi connectivity index (χ4n) is 1.76. The van der Waals surface area contributed by atoms with E-state index in [0.29, 0.717) is 6.54 Å². The molecule has 0 aliphatic heterocycles. The molecule has 0 atom stereocenters. The minimum absolute atomic E-state index is 0.586. The topological polar surface area (TPSA) is 41.5 Å². The molecule has 1 aromatic rings. The number of hydrogen-bond donors (Lipinski definition) is 2. The Morgan fingerprint density at radius 1 is 1.16 bits per heavy atom. The molecule has 0 saturated heterocycles. The average Bonchev–Trinajstić information content (AvgIpc) is 2.35. The van der Waals surface area contributed by atoms with E-state index >= 15 is 0 Å². The molecule has 0 heterocycles. The normalized spacial score (nSPS) is 11.6. The van der Waals surface area contributed by atoms with Gasteiger partial charge in [-0.3, -0.25) is 0 Å². The largest absolute Gasteiger partial charge is 0.494 e. The summed E-state index contributed by atoms with van der Waals surface area (Å²) in [5, 5.41) is 12.8. The highest BCUT2D eigenvalue weighted by atomic mass is 16.5. The van der Waals surface area contributed by atoms with E-state index in [1.807, 2.05) is 12.1 Å². The lowest BCUT2D eigenvalue weighted by Crippen LogP contribution is -2.34. The van der Waals surface area contributed by atoms with E-state index < -0.39 is 5.60 Å². The van der Waals surface area contributed by atoms with Gasteiger partial charge in [0.15, 0.2) is 0 Å². The van der Waals surface area contributed by atoms with Crippen LogP contribution < -0.4 is 10.1 Å². The third-order valence-corrected chi connectivity index (χ3v) is 2.83. The molecule has 3 nitrogen and oxygen atoms in total. The summed E-state index contributed by atoms with van der Waals surface area (Å²) < 4.78 is 5.66. The van der Waals surface area contributed by atoms with Gasteiger partial charge in [0, 0.05) is 13.1 Å². The van der Waals surface area contributed by atoms with Crippen LogP contribution in [0, 0.1) is 0 Å². The van der Waals surface area contributed by atoms with Crippen molar-refractivity contribution in [2.24, 2.45) is 0 Å². The third-order valence-electron chi connectivity index (χ3n) is 2.83. The quantitative estimate of drug-likeness (QED) is 0.674. The van der Waals surface area contributed by atoms with E-state index in [9.17, 15) is 5.11 Å². The minimum atomic E-state index is -0.664. The second-order valence-corrected chi connectivity index (χ2v) is 5.62. The third kappa shape index (κ3) is 7.85. The standard InChI is InChI=1S/C16H27NO2/c1-4-5-6-11-19-15-9-7-14(8-10-15)12-17-13-16(2,3)18/h7-10,17-18H,4-6,11-13H2,1-3H3. The summed E-state index contributed by atoms with van der Waals surface area (Å²) in [6.45, 7) is 7.93. The SMILES string of the molecule is CCCCCOc1ccc(CNCC(C)(C)O)cc1. The fraction of sp³-hybridized carbons (Fsp3) is 0.625. The lowest BCUT2D eigenvalue weighted by molar-refractivity contribution is 0.0795. The van der Waals surface area contributed by atoms with Crippen molar-refractivity contribution in [1.82, 2.24) is 5.32 Å². The molecule has 0 aliphatic carbocycles. The van der Waals surface area contributed by atoms with Crippen molar-refractivity contribution in [3.05, 3.63) is 29.8 Å².